The number of hydrogen-bond donors (Lipinski definition) is 2. The van der Waals surface area contributed by atoms with Gasteiger partial charge in [0.05, 0.1) is 18.1 Å². The van der Waals surface area contributed by atoms with E-state index in [0.29, 0.717) is 11.3 Å². The van der Waals surface area contributed by atoms with Crippen LogP contribution in [0.2, 0.25) is 0 Å². The van der Waals surface area contributed by atoms with Crippen LogP contribution in [-0.4, -0.2) is 30.8 Å². The van der Waals surface area contributed by atoms with Crippen molar-refractivity contribution in [3.63, 3.8) is 0 Å². The van der Waals surface area contributed by atoms with Crippen molar-refractivity contribution in [2.45, 2.75) is 12.0 Å². The molecule has 108 valence electrons. The number of ether oxygens (including phenoxy) is 1. The molecule has 2 aromatic carbocycles. The fourth-order valence-electron chi connectivity index (χ4n) is 2.86. The van der Waals surface area contributed by atoms with Gasteiger partial charge in [0.2, 0.25) is 0 Å². The molecule has 2 unspecified atom stereocenters. The van der Waals surface area contributed by atoms with E-state index in [2.05, 4.69) is 5.32 Å². The standard InChI is InChI=1S/C17H17NO3/c1-18-17(20)13-9-5-8-12-15(11-6-3-2-4-7-11)14(10-19)21-16(12)13/h2-9,14-15,19H,10H2,1H3,(H,18,20). The van der Waals surface area contributed by atoms with E-state index >= 15 is 0 Å². The number of aliphatic hydroxyl groups is 1. The second-order valence-corrected chi connectivity index (χ2v) is 5.03. The van der Waals surface area contributed by atoms with Crippen molar-refractivity contribution in [2.75, 3.05) is 13.7 Å². The zero-order chi connectivity index (χ0) is 14.8. The van der Waals surface area contributed by atoms with Crippen molar-refractivity contribution in [2.24, 2.45) is 0 Å². The number of carbonyl (C=O) groups is 1. The maximum Gasteiger partial charge on any atom is 0.254 e. The summed E-state index contributed by atoms with van der Waals surface area (Å²) in [5.41, 5.74) is 2.53. The number of hydrogen-bond acceptors (Lipinski definition) is 3. The van der Waals surface area contributed by atoms with Gasteiger partial charge in [0.15, 0.2) is 0 Å². The minimum atomic E-state index is -0.367. The van der Waals surface area contributed by atoms with Gasteiger partial charge in [-0.15, -0.1) is 0 Å². The molecular formula is C17H17NO3. The maximum atomic E-state index is 12.0. The molecule has 0 bridgehead atoms. The van der Waals surface area contributed by atoms with Crippen LogP contribution in [0, 0.1) is 0 Å². The van der Waals surface area contributed by atoms with Gasteiger partial charge in [0, 0.05) is 12.6 Å². The first-order valence-corrected chi connectivity index (χ1v) is 6.93. The molecule has 0 saturated heterocycles. The highest BCUT2D eigenvalue weighted by Crippen LogP contribution is 2.43. The molecule has 21 heavy (non-hydrogen) atoms. The molecule has 0 saturated carbocycles. The highest BCUT2D eigenvalue weighted by molar-refractivity contribution is 5.97. The van der Waals surface area contributed by atoms with Crippen LogP contribution in [0.1, 0.15) is 27.4 Å². The first kappa shape index (κ1) is 13.6. The second kappa shape index (κ2) is 5.58. The van der Waals surface area contributed by atoms with Crippen LogP contribution in [-0.2, 0) is 0 Å². The predicted octanol–water partition coefficient (Wildman–Crippen LogP) is 1.93. The summed E-state index contributed by atoms with van der Waals surface area (Å²) in [4.78, 5) is 12.0. The van der Waals surface area contributed by atoms with Crippen LogP contribution in [0.5, 0.6) is 5.75 Å². The third-order valence-corrected chi connectivity index (χ3v) is 3.83. The predicted molar refractivity (Wildman–Crippen MR) is 79.6 cm³/mol. The highest BCUT2D eigenvalue weighted by Gasteiger charge is 2.37. The van der Waals surface area contributed by atoms with Crippen molar-refractivity contribution in [3.05, 3.63) is 65.2 Å². The van der Waals surface area contributed by atoms with E-state index < -0.39 is 0 Å². The molecule has 0 fully saturated rings. The van der Waals surface area contributed by atoms with Crippen molar-refractivity contribution < 1.29 is 14.6 Å². The Labute approximate surface area is 123 Å². The average Bonchev–Trinajstić information content (AvgIpc) is 2.93. The van der Waals surface area contributed by atoms with Gasteiger partial charge in [-0.25, -0.2) is 0 Å². The molecule has 4 nitrogen and oxygen atoms in total. The summed E-state index contributed by atoms with van der Waals surface area (Å²) in [6.45, 7) is -0.0958. The molecule has 3 rings (SSSR count). The van der Waals surface area contributed by atoms with Gasteiger partial charge in [-0.05, 0) is 11.6 Å². The van der Waals surface area contributed by atoms with E-state index in [9.17, 15) is 9.90 Å². The molecule has 1 amide bonds. The Morgan fingerprint density at radius 3 is 2.62 bits per heavy atom. The van der Waals surface area contributed by atoms with Gasteiger partial charge in [-0.3, -0.25) is 4.79 Å². The normalized spacial score (nSPS) is 19.7. The number of aliphatic hydroxyl groups excluding tert-OH is 1. The van der Waals surface area contributed by atoms with Gasteiger partial charge in [0.1, 0.15) is 11.9 Å². The summed E-state index contributed by atoms with van der Waals surface area (Å²) in [5.74, 6) is 0.331. The number of carbonyl (C=O) groups excluding carboxylic acids is 1. The van der Waals surface area contributed by atoms with E-state index in [-0.39, 0.29) is 24.5 Å². The first-order valence-electron chi connectivity index (χ1n) is 6.93. The summed E-state index contributed by atoms with van der Waals surface area (Å²) in [5, 5.41) is 12.2. The Morgan fingerprint density at radius 1 is 1.19 bits per heavy atom. The van der Waals surface area contributed by atoms with Crippen molar-refractivity contribution >= 4 is 5.91 Å². The lowest BCUT2D eigenvalue weighted by Crippen LogP contribution is -2.24. The number of para-hydroxylation sites is 1. The van der Waals surface area contributed by atoms with Crippen LogP contribution in [0.3, 0.4) is 0 Å². The third-order valence-electron chi connectivity index (χ3n) is 3.83. The molecule has 1 heterocycles. The Morgan fingerprint density at radius 2 is 1.95 bits per heavy atom. The number of benzene rings is 2. The molecule has 1 aliphatic heterocycles. The minimum Gasteiger partial charge on any atom is -0.486 e. The minimum absolute atomic E-state index is 0.0594. The van der Waals surface area contributed by atoms with Crippen LogP contribution in [0.15, 0.2) is 48.5 Å². The average molecular weight is 283 g/mol. The van der Waals surface area contributed by atoms with Gasteiger partial charge in [0.25, 0.3) is 5.91 Å². The number of rotatable bonds is 3. The van der Waals surface area contributed by atoms with E-state index in [1.54, 1.807) is 13.1 Å². The molecule has 0 spiro atoms. The lowest BCUT2D eigenvalue weighted by atomic mass is 9.88. The van der Waals surface area contributed by atoms with Crippen molar-refractivity contribution in [1.29, 1.82) is 0 Å². The van der Waals surface area contributed by atoms with E-state index in [1.807, 2.05) is 42.5 Å². The Hall–Kier alpha value is -2.33. The maximum absolute atomic E-state index is 12.0. The molecule has 2 aromatic rings. The monoisotopic (exact) mass is 283 g/mol. The van der Waals surface area contributed by atoms with Gasteiger partial charge >= 0.3 is 0 Å². The molecule has 1 aliphatic rings. The molecule has 0 aromatic heterocycles. The molecule has 2 N–H and O–H groups in total. The van der Waals surface area contributed by atoms with E-state index in [1.165, 1.54) is 0 Å². The summed E-state index contributed by atoms with van der Waals surface area (Å²) in [6, 6.07) is 15.4. The largest absolute Gasteiger partial charge is 0.486 e. The SMILES string of the molecule is CNC(=O)c1cccc2c1OC(CO)C2c1ccccc1. The lowest BCUT2D eigenvalue weighted by Gasteiger charge is -2.17. The number of amides is 1. The zero-order valence-corrected chi connectivity index (χ0v) is 11.7. The molecular weight excluding hydrogens is 266 g/mol. The topological polar surface area (TPSA) is 58.6 Å². The summed E-state index contributed by atoms with van der Waals surface area (Å²) < 4.78 is 5.87. The van der Waals surface area contributed by atoms with Crippen molar-refractivity contribution in [1.82, 2.24) is 5.32 Å². The van der Waals surface area contributed by atoms with Gasteiger partial charge < -0.3 is 15.2 Å². The molecule has 0 radical (unpaired) electrons. The van der Waals surface area contributed by atoms with Crippen LogP contribution >= 0.6 is 0 Å². The highest BCUT2D eigenvalue weighted by atomic mass is 16.5. The fourth-order valence-corrected chi connectivity index (χ4v) is 2.86. The first-order chi connectivity index (χ1) is 10.3. The smallest absolute Gasteiger partial charge is 0.254 e. The van der Waals surface area contributed by atoms with Gasteiger partial charge in [-0.2, -0.15) is 0 Å². The Balaban J connectivity index is 2.11. The van der Waals surface area contributed by atoms with Crippen molar-refractivity contribution in [3.8, 4) is 5.75 Å². The second-order valence-electron chi connectivity index (χ2n) is 5.03. The van der Waals surface area contributed by atoms with Crippen LogP contribution in [0.4, 0.5) is 0 Å². The molecule has 2 atom stereocenters. The quantitative estimate of drug-likeness (QED) is 0.905. The number of fused-ring (bicyclic) bond motifs is 1. The fraction of sp³-hybridized carbons (Fsp3) is 0.235. The van der Waals surface area contributed by atoms with Crippen LogP contribution in [0.25, 0.3) is 0 Å². The number of nitrogens with one attached hydrogen (secondary N) is 1. The summed E-state index contributed by atoms with van der Waals surface area (Å²) in [6.07, 6.45) is -0.367. The Kier molecular flexibility index (Phi) is 3.62. The van der Waals surface area contributed by atoms with Gasteiger partial charge in [-0.1, -0.05) is 42.5 Å². The molecule has 0 aliphatic carbocycles. The Bertz CT molecular complexity index is 654. The summed E-state index contributed by atoms with van der Waals surface area (Å²) >= 11 is 0. The van der Waals surface area contributed by atoms with E-state index in [0.717, 1.165) is 11.1 Å². The third kappa shape index (κ3) is 2.28. The zero-order valence-electron chi connectivity index (χ0n) is 11.7. The lowest BCUT2D eigenvalue weighted by molar-refractivity contribution is 0.0947. The van der Waals surface area contributed by atoms with E-state index in [4.69, 9.17) is 4.74 Å². The summed E-state index contributed by atoms with van der Waals surface area (Å²) in [7, 11) is 1.59. The molecule has 4 heteroatoms. The van der Waals surface area contributed by atoms with Crippen LogP contribution < -0.4 is 10.1 Å².